The Morgan fingerprint density at radius 2 is 1.77 bits per heavy atom. The van der Waals surface area contributed by atoms with Crippen LogP contribution in [0.3, 0.4) is 0 Å². The van der Waals surface area contributed by atoms with E-state index in [-0.39, 0.29) is 0 Å². The zero-order valence-electron chi connectivity index (χ0n) is 8.28. The second kappa shape index (κ2) is 3.58. The van der Waals surface area contributed by atoms with Crippen LogP contribution in [0.15, 0.2) is 0 Å². The molecular formula is C9H18O3S. The van der Waals surface area contributed by atoms with E-state index in [1.807, 2.05) is 13.8 Å². The van der Waals surface area contributed by atoms with Gasteiger partial charge in [0.1, 0.15) is 0 Å². The largest absolute Gasteiger partial charge is 0.285 e. The first-order chi connectivity index (χ1) is 5.87. The first-order valence-electron chi connectivity index (χ1n) is 4.84. The molecule has 3 nitrogen and oxygen atoms in total. The first-order valence-corrected chi connectivity index (χ1v) is 6.28. The van der Waals surface area contributed by atoms with Crippen molar-refractivity contribution in [3.05, 3.63) is 0 Å². The summed E-state index contributed by atoms with van der Waals surface area (Å²) < 4.78 is 30.9. The molecule has 1 rings (SSSR count). The van der Waals surface area contributed by atoms with E-state index in [2.05, 4.69) is 0 Å². The molecule has 0 bridgehead atoms. The summed E-state index contributed by atoms with van der Waals surface area (Å²) in [7, 11) is -3.86. The van der Waals surface area contributed by atoms with E-state index in [1.165, 1.54) is 0 Å². The first kappa shape index (κ1) is 11.0. The summed E-state index contributed by atoms with van der Waals surface area (Å²) in [5, 5.41) is 0. The maximum atomic E-state index is 11.2. The van der Waals surface area contributed by atoms with Crippen molar-refractivity contribution in [3.63, 3.8) is 0 Å². The Kier molecular flexibility index (Phi) is 3.02. The molecule has 0 amide bonds. The zero-order chi connectivity index (χ0) is 10.1. The van der Waals surface area contributed by atoms with Crippen molar-refractivity contribution in [2.24, 2.45) is 5.92 Å². The Morgan fingerprint density at radius 1 is 1.31 bits per heavy atom. The van der Waals surface area contributed by atoms with Gasteiger partial charge in [-0.25, -0.2) is 0 Å². The predicted molar refractivity (Wildman–Crippen MR) is 52.2 cm³/mol. The lowest BCUT2D eigenvalue weighted by Crippen LogP contribution is -2.36. The van der Waals surface area contributed by atoms with Gasteiger partial charge in [-0.15, -0.1) is 0 Å². The van der Waals surface area contributed by atoms with Gasteiger partial charge in [0.2, 0.25) is 0 Å². The lowest BCUT2D eigenvalue weighted by molar-refractivity contribution is 0.376. The second-order valence-corrected chi connectivity index (χ2v) is 6.28. The van der Waals surface area contributed by atoms with Gasteiger partial charge in [0, 0.05) is 0 Å². The Labute approximate surface area is 80.3 Å². The van der Waals surface area contributed by atoms with Crippen LogP contribution in [0.2, 0.25) is 0 Å². The zero-order valence-corrected chi connectivity index (χ0v) is 9.10. The fourth-order valence-electron chi connectivity index (χ4n) is 2.33. The summed E-state index contributed by atoms with van der Waals surface area (Å²) in [6.45, 7) is 3.98. The Morgan fingerprint density at radius 3 is 2.08 bits per heavy atom. The molecule has 1 aliphatic carbocycles. The smallest absolute Gasteiger partial charge is 0.270 e. The highest BCUT2D eigenvalue weighted by molar-refractivity contribution is 7.87. The number of rotatable bonds is 3. The minimum absolute atomic E-state index is 0.319. The van der Waals surface area contributed by atoms with Crippen LogP contribution in [-0.4, -0.2) is 17.7 Å². The highest BCUT2D eigenvalue weighted by atomic mass is 32.2. The quantitative estimate of drug-likeness (QED) is 0.720. The van der Waals surface area contributed by atoms with Crippen molar-refractivity contribution in [1.29, 1.82) is 0 Å². The predicted octanol–water partition coefficient (Wildman–Crippen LogP) is 2.23. The molecule has 0 aliphatic heterocycles. The third-order valence-electron chi connectivity index (χ3n) is 2.84. The van der Waals surface area contributed by atoms with Gasteiger partial charge in [-0.1, -0.05) is 26.7 Å². The highest BCUT2D eigenvalue weighted by Gasteiger charge is 2.45. The fourth-order valence-corrected chi connectivity index (χ4v) is 3.68. The summed E-state index contributed by atoms with van der Waals surface area (Å²) in [4.78, 5) is 0. The maximum Gasteiger partial charge on any atom is 0.270 e. The van der Waals surface area contributed by atoms with Crippen molar-refractivity contribution in [2.75, 3.05) is 0 Å². The average molecular weight is 206 g/mol. The minimum atomic E-state index is -3.86. The third kappa shape index (κ3) is 2.23. The summed E-state index contributed by atoms with van der Waals surface area (Å²) in [6, 6.07) is 0. The van der Waals surface area contributed by atoms with E-state index in [0.717, 1.165) is 12.8 Å². The van der Waals surface area contributed by atoms with Gasteiger partial charge in [0.05, 0.1) is 4.75 Å². The molecule has 0 heterocycles. The molecule has 0 aromatic rings. The van der Waals surface area contributed by atoms with Gasteiger partial charge >= 0.3 is 0 Å². The van der Waals surface area contributed by atoms with Crippen LogP contribution >= 0.6 is 0 Å². The Hall–Kier alpha value is -0.0900. The molecular weight excluding hydrogens is 188 g/mol. The van der Waals surface area contributed by atoms with Crippen LogP contribution in [0.4, 0.5) is 0 Å². The third-order valence-corrected chi connectivity index (χ3v) is 4.51. The van der Waals surface area contributed by atoms with Gasteiger partial charge in [0.15, 0.2) is 0 Å². The standard InChI is InChI=1S/C9H18O3S/c1-8(2)7-9(13(10,11)12)5-3-4-6-9/h8H,3-7H2,1-2H3,(H,10,11,12). The molecule has 1 aliphatic rings. The topological polar surface area (TPSA) is 54.4 Å². The molecule has 0 aromatic heterocycles. The summed E-state index contributed by atoms with van der Waals surface area (Å²) in [5.41, 5.74) is 0. The lowest BCUT2D eigenvalue weighted by Gasteiger charge is -2.26. The van der Waals surface area contributed by atoms with Crippen LogP contribution in [-0.2, 0) is 10.1 Å². The van der Waals surface area contributed by atoms with Crippen molar-refractivity contribution in [3.8, 4) is 0 Å². The van der Waals surface area contributed by atoms with E-state index in [1.54, 1.807) is 0 Å². The molecule has 4 heteroatoms. The van der Waals surface area contributed by atoms with Crippen molar-refractivity contribution in [2.45, 2.75) is 50.7 Å². The molecule has 0 radical (unpaired) electrons. The van der Waals surface area contributed by atoms with E-state index >= 15 is 0 Å². The fraction of sp³-hybridized carbons (Fsp3) is 1.00. The van der Waals surface area contributed by atoms with E-state index in [4.69, 9.17) is 0 Å². The van der Waals surface area contributed by atoms with Gasteiger partial charge < -0.3 is 0 Å². The van der Waals surface area contributed by atoms with E-state index < -0.39 is 14.9 Å². The average Bonchev–Trinajstić information content (AvgIpc) is 2.33. The minimum Gasteiger partial charge on any atom is -0.285 e. The van der Waals surface area contributed by atoms with Gasteiger partial charge in [0.25, 0.3) is 10.1 Å². The van der Waals surface area contributed by atoms with Gasteiger partial charge in [-0.2, -0.15) is 8.42 Å². The molecule has 0 spiro atoms. The monoisotopic (exact) mass is 206 g/mol. The lowest BCUT2D eigenvalue weighted by atomic mass is 9.95. The molecule has 0 aromatic carbocycles. The van der Waals surface area contributed by atoms with Crippen LogP contribution in [0.25, 0.3) is 0 Å². The van der Waals surface area contributed by atoms with E-state index in [0.29, 0.717) is 25.2 Å². The normalized spacial score (nSPS) is 22.5. The molecule has 0 unspecified atom stereocenters. The van der Waals surface area contributed by atoms with Gasteiger partial charge in [-0.3, -0.25) is 4.55 Å². The SMILES string of the molecule is CC(C)CC1(S(=O)(=O)O)CCCC1. The van der Waals surface area contributed by atoms with Crippen LogP contribution in [0.1, 0.15) is 46.0 Å². The van der Waals surface area contributed by atoms with Gasteiger partial charge in [-0.05, 0) is 25.2 Å². The summed E-state index contributed by atoms with van der Waals surface area (Å²) >= 11 is 0. The van der Waals surface area contributed by atoms with Crippen LogP contribution in [0.5, 0.6) is 0 Å². The maximum absolute atomic E-state index is 11.2. The molecule has 1 fully saturated rings. The molecule has 0 saturated heterocycles. The number of hydrogen-bond acceptors (Lipinski definition) is 2. The summed E-state index contributed by atoms with van der Waals surface area (Å²) in [5.74, 6) is 0.319. The summed E-state index contributed by atoms with van der Waals surface area (Å²) in [6.07, 6.45) is 3.69. The second-order valence-electron chi connectivity index (χ2n) is 4.46. The molecule has 0 atom stereocenters. The van der Waals surface area contributed by atoms with Crippen molar-refractivity contribution in [1.82, 2.24) is 0 Å². The molecule has 78 valence electrons. The highest BCUT2D eigenvalue weighted by Crippen LogP contribution is 2.40. The Bertz CT molecular complexity index is 261. The van der Waals surface area contributed by atoms with E-state index in [9.17, 15) is 13.0 Å². The molecule has 1 saturated carbocycles. The molecule has 13 heavy (non-hydrogen) atoms. The Balaban J connectivity index is 2.88. The van der Waals surface area contributed by atoms with Crippen LogP contribution < -0.4 is 0 Å². The van der Waals surface area contributed by atoms with Crippen molar-refractivity contribution < 1.29 is 13.0 Å². The van der Waals surface area contributed by atoms with Crippen molar-refractivity contribution >= 4 is 10.1 Å². The van der Waals surface area contributed by atoms with Crippen LogP contribution in [0, 0.1) is 5.92 Å². The molecule has 1 N–H and O–H groups in total. The number of hydrogen-bond donors (Lipinski definition) is 1.